The predicted octanol–water partition coefficient (Wildman–Crippen LogP) is 0.965. The van der Waals surface area contributed by atoms with Crippen LogP contribution in [-0.4, -0.2) is 25.6 Å². The van der Waals surface area contributed by atoms with Crippen molar-refractivity contribution in [3.63, 3.8) is 0 Å². The Bertz CT molecular complexity index is 235. The zero-order valence-corrected chi connectivity index (χ0v) is 8.33. The maximum Gasteiger partial charge on any atom is 0.148 e. The highest BCUT2D eigenvalue weighted by Crippen LogP contribution is 2.09. The molecule has 68 valence electrons. The summed E-state index contributed by atoms with van der Waals surface area (Å²) in [7, 11) is 0. The van der Waals surface area contributed by atoms with Gasteiger partial charge in [-0.05, 0) is 0 Å². The number of nitrogens with zero attached hydrogens (tertiary/aromatic N) is 4. The highest BCUT2D eigenvalue weighted by atomic mass is 32.1. The highest BCUT2D eigenvalue weighted by molar-refractivity contribution is 7.77. The molecule has 0 radical (unpaired) electrons. The molecule has 0 amide bonds. The Hall–Kier alpha value is -0.550. The zero-order chi connectivity index (χ0) is 8.97. The van der Waals surface area contributed by atoms with E-state index in [1.807, 2.05) is 22.7 Å². The van der Waals surface area contributed by atoms with Gasteiger partial charge in [0.15, 0.2) is 0 Å². The van der Waals surface area contributed by atoms with Crippen molar-refractivity contribution in [2.24, 2.45) is 0 Å². The summed E-state index contributed by atoms with van der Waals surface area (Å²) < 4.78 is 3.98. The first-order chi connectivity index (χ1) is 5.86. The summed E-state index contributed by atoms with van der Waals surface area (Å²) in [6, 6.07) is 0. The van der Waals surface area contributed by atoms with Gasteiger partial charge in [-0.3, -0.25) is 0 Å². The largest absolute Gasteiger partial charge is 0.315 e. The van der Waals surface area contributed by atoms with Crippen LogP contribution in [-0.2, 0) is 13.1 Å². The van der Waals surface area contributed by atoms with Crippen molar-refractivity contribution in [1.29, 1.82) is 0 Å². The van der Waals surface area contributed by atoms with E-state index in [2.05, 4.69) is 23.0 Å². The van der Waals surface area contributed by atoms with Gasteiger partial charge in [0.05, 0.1) is 6.54 Å². The lowest BCUT2D eigenvalue weighted by atomic mass is 10.4. The maximum absolute atomic E-state index is 4.21. The van der Waals surface area contributed by atoms with Crippen LogP contribution in [0.5, 0.6) is 0 Å². The Morgan fingerprint density at radius 2 is 2.17 bits per heavy atom. The number of hydrogen-bond acceptors (Lipinski definition) is 4. The Morgan fingerprint density at radius 1 is 1.42 bits per heavy atom. The van der Waals surface area contributed by atoms with Crippen LogP contribution in [0.15, 0.2) is 6.33 Å². The van der Waals surface area contributed by atoms with E-state index in [1.165, 1.54) is 0 Å². The highest BCUT2D eigenvalue weighted by Gasteiger charge is 2.13. The third kappa shape index (κ3) is 1.98. The molecule has 0 unspecified atom stereocenters. The second-order valence-corrected chi connectivity index (χ2v) is 2.89. The Kier molecular flexibility index (Phi) is 3.55. The Balaban J connectivity index is 0.000000336. The normalized spacial score (nSPS) is 16.2. The monoisotopic (exact) mass is 186 g/mol. The van der Waals surface area contributed by atoms with E-state index in [-0.39, 0.29) is 0 Å². The molecule has 0 saturated carbocycles. The van der Waals surface area contributed by atoms with Gasteiger partial charge in [-0.1, -0.05) is 26.7 Å². The van der Waals surface area contributed by atoms with Crippen LogP contribution in [0.2, 0.25) is 0 Å². The summed E-state index contributed by atoms with van der Waals surface area (Å²) in [4.78, 5) is 0. The average Bonchev–Trinajstić information content (AvgIpc) is 2.54. The molecule has 0 aliphatic carbocycles. The summed E-state index contributed by atoms with van der Waals surface area (Å²) in [5.74, 6) is 1.00. The van der Waals surface area contributed by atoms with Crippen LogP contribution in [0.25, 0.3) is 0 Å². The molecule has 1 aliphatic rings. The van der Waals surface area contributed by atoms with Crippen molar-refractivity contribution in [2.75, 3.05) is 6.54 Å². The predicted molar refractivity (Wildman–Crippen MR) is 50.8 cm³/mol. The van der Waals surface area contributed by atoms with Crippen LogP contribution in [0.3, 0.4) is 0 Å². The second-order valence-electron chi connectivity index (χ2n) is 2.33. The van der Waals surface area contributed by atoms with Crippen molar-refractivity contribution in [3.05, 3.63) is 12.2 Å². The Labute approximate surface area is 78.1 Å². The fraction of sp³-hybridized carbons (Fsp3) is 0.714. The SMILES string of the molecule is CC.SN1CCn2cnnc2C1. The van der Waals surface area contributed by atoms with Crippen LogP contribution in [0, 0.1) is 0 Å². The summed E-state index contributed by atoms with van der Waals surface area (Å²) >= 11 is 4.21. The lowest BCUT2D eigenvalue weighted by Crippen LogP contribution is -2.26. The van der Waals surface area contributed by atoms with Gasteiger partial charge in [0.2, 0.25) is 0 Å². The van der Waals surface area contributed by atoms with Gasteiger partial charge in [-0.15, -0.1) is 10.2 Å². The second kappa shape index (κ2) is 4.47. The summed E-state index contributed by atoms with van der Waals surface area (Å²) in [6.45, 7) is 6.71. The molecule has 4 nitrogen and oxygen atoms in total. The third-order valence-electron chi connectivity index (χ3n) is 1.62. The number of hydrogen-bond donors (Lipinski definition) is 1. The molecular weight excluding hydrogens is 172 g/mol. The number of aromatic nitrogens is 3. The quantitative estimate of drug-likeness (QED) is 0.613. The van der Waals surface area contributed by atoms with Crippen molar-refractivity contribution < 1.29 is 0 Å². The van der Waals surface area contributed by atoms with Crippen LogP contribution in [0.1, 0.15) is 19.7 Å². The maximum atomic E-state index is 4.21. The molecular formula is C7H14N4S. The third-order valence-corrected chi connectivity index (χ3v) is 1.96. The van der Waals surface area contributed by atoms with Gasteiger partial charge in [0.1, 0.15) is 12.2 Å². The number of fused-ring (bicyclic) bond motifs is 1. The van der Waals surface area contributed by atoms with E-state index in [4.69, 9.17) is 0 Å². The summed E-state index contributed by atoms with van der Waals surface area (Å²) in [5, 5.41) is 7.72. The minimum Gasteiger partial charge on any atom is -0.315 e. The molecule has 0 atom stereocenters. The van der Waals surface area contributed by atoms with Crippen molar-refractivity contribution in [2.45, 2.75) is 26.9 Å². The van der Waals surface area contributed by atoms with Gasteiger partial charge in [0, 0.05) is 13.1 Å². The lowest BCUT2D eigenvalue weighted by molar-refractivity contribution is 0.372. The van der Waals surface area contributed by atoms with Gasteiger partial charge in [0.25, 0.3) is 0 Å². The first-order valence-electron chi connectivity index (χ1n) is 4.17. The molecule has 1 aromatic rings. The van der Waals surface area contributed by atoms with Gasteiger partial charge < -0.3 is 4.57 Å². The van der Waals surface area contributed by atoms with E-state index >= 15 is 0 Å². The van der Waals surface area contributed by atoms with Crippen LogP contribution >= 0.6 is 12.8 Å². The topological polar surface area (TPSA) is 34.0 Å². The van der Waals surface area contributed by atoms with E-state index in [1.54, 1.807) is 6.33 Å². The Morgan fingerprint density at radius 3 is 2.92 bits per heavy atom. The van der Waals surface area contributed by atoms with E-state index in [9.17, 15) is 0 Å². The van der Waals surface area contributed by atoms with E-state index < -0.39 is 0 Å². The lowest BCUT2D eigenvalue weighted by Gasteiger charge is -2.20. The summed E-state index contributed by atoms with van der Waals surface area (Å²) in [6.07, 6.45) is 1.76. The van der Waals surface area contributed by atoms with Crippen LogP contribution in [0.4, 0.5) is 0 Å². The molecule has 1 aliphatic heterocycles. The molecule has 5 heteroatoms. The molecule has 12 heavy (non-hydrogen) atoms. The molecule has 0 fully saturated rings. The molecule has 0 saturated heterocycles. The summed E-state index contributed by atoms with van der Waals surface area (Å²) in [5.41, 5.74) is 0. The molecule has 0 N–H and O–H groups in total. The molecule has 2 heterocycles. The molecule has 0 bridgehead atoms. The van der Waals surface area contributed by atoms with Gasteiger partial charge in [-0.25, -0.2) is 4.31 Å². The van der Waals surface area contributed by atoms with Crippen molar-refractivity contribution in [1.82, 2.24) is 19.1 Å². The number of thiol groups is 1. The molecule has 1 aromatic heterocycles. The van der Waals surface area contributed by atoms with Gasteiger partial charge in [-0.2, -0.15) is 0 Å². The minimum atomic E-state index is 0.795. The fourth-order valence-corrected chi connectivity index (χ4v) is 1.27. The standard InChI is InChI=1S/C5H8N4S.C2H6/c10-9-2-1-8-4-6-7-5(8)3-9;1-2/h4,10H,1-3H2;1-2H3. The van der Waals surface area contributed by atoms with E-state index in [0.29, 0.717) is 0 Å². The zero-order valence-electron chi connectivity index (χ0n) is 7.43. The molecule has 0 aromatic carbocycles. The minimum absolute atomic E-state index is 0.795. The van der Waals surface area contributed by atoms with Gasteiger partial charge >= 0.3 is 0 Å². The average molecular weight is 186 g/mol. The van der Waals surface area contributed by atoms with Crippen LogP contribution < -0.4 is 0 Å². The van der Waals surface area contributed by atoms with E-state index in [0.717, 1.165) is 25.5 Å². The van der Waals surface area contributed by atoms with Crippen molar-refractivity contribution >= 4 is 12.8 Å². The number of rotatable bonds is 0. The van der Waals surface area contributed by atoms with Crippen molar-refractivity contribution in [3.8, 4) is 0 Å². The first-order valence-corrected chi connectivity index (χ1v) is 4.57. The molecule has 0 spiro atoms. The first kappa shape index (κ1) is 9.54. The molecule has 2 rings (SSSR count). The fourth-order valence-electron chi connectivity index (χ4n) is 1.05. The smallest absolute Gasteiger partial charge is 0.148 e.